The SMILES string of the molecule is CCNC(=NCC1CCCOC1C(C)(C)C)NCCCn1ccnc1. The molecule has 2 heterocycles. The first kappa shape index (κ1) is 19.8. The Morgan fingerprint density at radius 3 is 2.88 bits per heavy atom. The van der Waals surface area contributed by atoms with Crippen molar-refractivity contribution in [2.75, 3.05) is 26.2 Å². The van der Waals surface area contributed by atoms with Crippen LogP contribution in [0.25, 0.3) is 0 Å². The highest BCUT2D eigenvalue weighted by molar-refractivity contribution is 5.79. The highest BCUT2D eigenvalue weighted by Crippen LogP contribution is 2.34. The number of guanidine groups is 1. The monoisotopic (exact) mass is 349 g/mol. The minimum atomic E-state index is 0.164. The average molecular weight is 350 g/mol. The maximum atomic E-state index is 6.07. The smallest absolute Gasteiger partial charge is 0.191 e. The van der Waals surface area contributed by atoms with Crippen molar-refractivity contribution >= 4 is 5.96 Å². The number of imidazole rings is 1. The number of ether oxygens (including phenoxy) is 1. The van der Waals surface area contributed by atoms with Gasteiger partial charge in [-0.05, 0) is 31.6 Å². The molecular weight excluding hydrogens is 314 g/mol. The number of hydrogen-bond donors (Lipinski definition) is 2. The second kappa shape index (κ2) is 9.80. The van der Waals surface area contributed by atoms with Crippen LogP contribution in [-0.4, -0.2) is 47.9 Å². The van der Waals surface area contributed by atoms with E-state index in [1.165, 1.54) is 6.42 Å². The summed E-state index contributed by atoms with van der Waals surface area (Å²) >= 11 is 0. The average Bonchev–Trinajstić information content (AvgIpc) is 3.09. The molecule has 2 unspecified atom stereocenters. The molecule has 142 valence electrons. The Balaban J connectivity index is 1.82. The van der Waals surface area contributed by atoms with E-state index < -0.39 is 0 Å². The minimum absolute atomic E-state index is 0.164. The van der Waals surface area contributed by atoms with Gasteiger partial charge in [-0.3, -0.25) is 4.99 Å². The van der Waals surface area contributed by atoms with Crippen LogP contribution < -0.4 is 10.6 Å². The largest absolute Gasteiger partial charge is 0.377 e. The molecule has 0 radical (unpaired) electrons. The van der Waals surface area contributed by atoms with Gasteiger partial charge in [0.1, 0.15) is 0 Å². The molecule has 0 bridgehead atoms. The maximum absolute atomic E-state index is 6.07. The minimum Gasteiger partial charge on any atom is -0.377 e. The van der Waals surface area contributed by atoms with Gasteiger partial charge >= 0.3 is 0 Å². The van der Waals surface area contributed by atoms with Gasteiger partial charge in [0.25, 0.3) is 0 Å². The van der Waals surface area contributed by atoms with Gasteiger partial charge in [0.15, 0.2) is 5.96 Å². The summed E-state index contributed by atoms with van der Waals surface area (Å²) in [6.07, 6.45) is 9.33. The van der Waals surface area contributed by atoms with Gasteiger partial charge in [-0.1, -0.05) is 20.8 Å². The fraction of sp³-hybridized carbons (Fsp3) is 0.789. The second-order valence-electron chi connectivity index (χ2n) is 7.86. The third kappa shape index (κ3) is 6.69. The number of nitrogens with zero attached hydrogens (tertiary/aromatic N) is 3. The Morgan fingerprint density at radius 2 is 2.20 bits per heavy atom. The van der Waals surface area contributed by atoms with Crippen molar-refractivity contribution in [3.8, 4) is 0 Å². The Kier molecular flexibility index (Phi) is 7.75. The molecule has 1 saturated heterocycles. The number of aryl methyl sites for hydroxylation is 1. The van der Waals surface area contributed by atoms with E-state index in [2.05, 4.69) is 47.9 Å². The van der Waals surface area contributed by atoms with Crippen LogP contribution >= 0.6 is 0 Å². The Labute approximate surface area is 152 Å². The van der Waals surface area contributed by atoms with Crippen molar-refractivity contribution < 1.29 is 4.74 Å². The molecule has 0 aliphatic carbocycles. The summed E-state index contributed by atoms with van der Waals surface area (Å²) in [5, 5.41) is 6.79. The van der Waals surface area contributed by atoms with E-state index in [1.54, 1.807) is 0 Å². The van der Waals surface area contributed by atoms with Gasteiger partial charge in [0, 0.05) is 51.1 Å². The summed E-state index contributed by atoms with van der Waals surface area (Å²) in [5.74, 6) is 1.40. The lowest BCUT2D eigenvalue weighted by Crippen LogP contribution is -2.43. The number of hydrogen-bond acceptors (Lipinski definition) is 3. The van der Waals surface area contributed by atoms with Crippen LogP contribution in [0.4, 0.5) is 0 Å². The quantitative estimate of drug-likeness (QED) is 0.451. The van der Waals surface area contributed by atoms with E-state index in [-0.39, 0.29) is 11.5 Å². The summed E-state index contributed by atoms with van der Waals surface area (Å²) in [6, 6.07) is 0. The van der Waals surface area contributed by atoms with Crippen molar-refractivity contribution in [1.82, 2.24) is 20.2 Å². The molecular formula is C19H35N5O. The lowest BCUT2D eigenvalue weighted by molar-refractivity contribution is -0.0823. The lowest BCUT2D eigenvalue weighted by atomic mass is 9.78. The zero-order chi connectivity index (χ0) is 18.1. The summed E-state index contributed by atoms with van der Waals surface area (Å²) < 4.78 is 8.16. The van der Waals surface area contributed by atoms with Gasteiger partial charge in [0.05, 0.1) is 12.4 Å². The molecule has 0 amide bonds. The van der Waals surface area contributed by atoms with E-state index in [4.69, 9.17) is 9.73 Å². The van der Waals surface area contributed by atoms with Crippen LogP contribution in [0.3, 0.4) is 0 Å². The molecule has 1 fully saturated rings. The molecule has 0 spiro atoms. The van der Waals surface area contributed by atoms with Gasteiger partial charge < -0.3 is 19.9 Å². The van der Waals surface area contributed by atoms with Crippen molar-refractivity contribution in [2.24, 2.45) is 16.3 Å². The van der Waals surface area contributed by atoms with Crippen molar-refractivity contribution in [1.29, 1.82) is 0 Å². The van der Waals surface area contributed by atoms with Crippen molar-refractivity contribution in [2.45, 2.75) is 59.6 Å². The molecule has 1 aliphatic heterocycles. The van der Waals surface area contributed by atoms with Crippen LogP contribution in [0.15, 0.2) is 23.7 Å². The van der Waals surface area contributed by atoms with Crippen LogP contribution in [0.5, 0.6) is 0 Å². The summed E-state index contributed by atoms with van der Waals surface area (Å²) in [6.45, 7) is 13.3. The van der Waals surface area contributed by atoms with Crippen LogP contribution in [0.1, 0.15) is 47.0 Å². The Bertz CT molecular complexity index is 506. The van der Waals surface area contributed by atoms with E-state index in [0.29, 0.717) is 5.92 Å². The molecule has 1 aromatic heterocycles. The van der Waals surface area contributed by atoms with Gasteiger partial charge in [-0.25, -0.2) is 4.98 Å². The third-order valence-electron chi connectivity index (χ3n) is 4.57. The standard InChI is InChI=1S/C19H35N5O/c1-5-21-18(22-9-7-11-24-12-10-20-15-24)23-14-16-8-6-13-25-17(16)19(2,3)4/h10,12,15-17H,5-9,11,13-14H2,1-4H3,(H2,21,22,23). The maximum Gasteiger partial charge on any atom is 0.191 e. The first-order valence-electron chi connectivity index (χ1n) is 9.60. The number of aliphatic imine (C=N–C) groups is 1. The predicted octanol–water partition coefficient (Wildman–Crippen LogP) is 2.67. The highest BCUT2D eigenvalue weighted by Gasteiger charge is 2.35. The van der Waals surface area contributed by atoms with E-state index >= 15 is 0 Å². The summed E-state index contributed by atoms with van der Waals surface area (Å²) in [7, 11) is 0. The highest BCUT2D eigenvalue weighted by atomic mass is 16.5. The molecule has 2 atom stereocenters. The number of nitrogens with one attached hydrogen (secondary N) is 2. The Morgan fingerprint density at radius 1 is 1.36 bits per heavy atom. The fourth-order valence-corrected chi connectivity index (χ4v) is 3.43. The molecule has 1 aromatic rings. The normalized spacial score (nSPS) is 22.0. The third-order valence-corrected chi connectivity index (χ3v) is 4.57. The van der Waals surface area contributed by atoms with Crippen LogP contribution in [0, 0.1) is 11.3 Å². The second-order valence-corrected chi connectivity index (χ2v) is 7.86. The van der Waals surface area contributed by atoms with Crippen LogP contribution in [-0.2, 0) is 11.3 Å². The first-order chi connectivity index (χ1) is 12.0. The van der Waals surface area contributed by atoms with Gasteiger partial charge in [-0.15, -0.1) is 0 Å². The lowest BCUT2D eigenvalue weighted by Gasteiger charge is -2.39. The molecule has 6 heteroatoms. The fourth-order valence-electron chi connectivity index (χ4n) is 3.43. The Hall–Kier alpha value is -1.56. The van der Waals surface area contributed by atoms with Gasteiger partial charge in [0.2, 0.25) is 0 Å². The van der Waals surface area contributed by atoms with E-state index in [9.17, 15) is 0 Å². The molecule has 0 saturated carbocycles. The molecule has 0 aromatic carbocycles. The topological polar surface area (TPSA) is 63.5 Å². The molecule has 2 rings (SSSR count). The first-order valence-corrected chi connectivity index (χ1v) is 9.60. The van der Waals surface area contributed by atoms with E-state index in [0.717, 1.165) is 51.6 Å². The zero-order valence-corrected chi connectivity index (χ0v) is 16.3. The number of rotatable bonds is 7. The number of aromatic nitrogens is 2. The van der Waals surface area contributed by atoms with Crippen LogP contribution in [0.2, 0.25) is 0 Å². The van der Waals surface area contributed by atoms with Gasteiger partial charge in [-0.2, -0.15) is 0 Å². The van der Waals surface area contributed by atoms with Crippen molar-refractivity contribution in [3.05, 3.63) is 18.7 Å². The molecule has 1 aliphatic rings. The summed E-state index contributed by atoms with van der Waals surface area (Å²) in [4.78, 5) is 8.90. The molecule has 6 nitrogen and oxygen atoms in total. The van der Waals surface area contributed by atoms with Crippen molar-refractivity contribution in [3.63, 3.8) is 0 Å². The predicted molar refractivity (Wildman–Crippen MR) is 103 cm³/mol. The summed E-state index contributed by atoms with van der Waals surface area (Å²) in [5.41, 5.74) is 0.164. The molecule has 2 N–H and O–H groups in total. The zero-order valence-electron chi connectivity index (χ0n) is 16.3. The molecule has 25 heavy (non-hydrogen) atoms. The van der Waals surface area contributed by atoms with E-state index in [1.807, 2.05) is 18.7 Å².